The van der Waals surface area contributed by atoms with E-state index in [1.54, 1.807) is 6.33 Å². The predicted octanol–water partition coefficient (Wildman–Crippen LogP) is 1.85. The number of nitrogens with one attached hydrogen (secondary N) is 2. The molecule has 23 heavy (non-hydrogen) atoms. The summed E-state index contributed by atoms with van der Waals surface area (Å²) in [5, 5.41) is 10.7. The molecule has 0 unspecified atom stereocenters. The largest absolute Gasteiger partial charge is 0.349 e. The Balaban J connectivity index is 1.63. The van der Waals surface area contributed by atoms with E-state index in [9.17, 15) is 9.18 Å². The standard InChI is InChI=1S/C15H17FN6O/c1-9(2)22-8-18-21-13(22)5-6-17-15(23)14-19-11-4-3-10(16)7-12(11)20-14/h3-4,7-9H,5-6H2,1-2H3,(H,17,23)(H,19,20). The molecule has 0 fully saturated rings. The Morgan fingerprint density at radius 2 is 2.26 bits per heavy atom. The minimum Gasteiger partial charge on any atom is -0.349 e. The number of fused-ring (bicyclic) bond motifs is 1. The lowest BCUT2D eigenvalue weighted by atomic mass is 10.3. The van der Waals surface area contributed by atoms with Crippen molar-refractivity contribution in [1.29, 1.82) is 0 Å². The molecule has 8 heteroatoms. The Morgan fingerprint density at radius 1 is 1.43 bits per heavy atom. The molecular formula is C15H17FN6O. The molecule has 0 spiro atoms. The maximum Gasteiger partial charge on any atom is 0.287 e. The predicted molar refractivity (Wildman–Crippen MR) is 82.5 cm³/mol. The van der Waals surface area contributed by atoms with Gasteiger partial charge in [-0.1, -0.05) is 0 Å². The normalized spacial score (nSPS) is 11.3. The first kappa shape index (κ1) is 15.1. The van der Waals surface area contributed by atoms with Gasteiger partial charge in [-0.25, -0.2) is 9.37 Å². The highest BCUT2D eigenvalue weighted by molar-refractivity contribution is 5.94. The second-order valence-electron chi connectivity index (χ2n) is 5.50. The van der Waals surface area contributed by atoms with E-state index in [2.05, 4.69) is 25.5 Å². The van der Waals surface area contributed by atoms with Crippen LogP contribution in [0.3, 0.4) is 0 Å². The molecule has 3 rings (SSSR count). The van der Waals surface area contributed by atoms with Gasteiger partial charge in [-0.15, -0.1) is 10.2 Å². The summed E-state index contributed by atoms with van der Waals surface area (Å²) in [6, 6.07) is 4.41. The molecule has 0 aliphatic rings. The van der Waals surface area contributed by atoms with Gasteiger partial charge in [0.05, 0.1) is 11.0 Å². The van der Waals surface area contributed by atoms with Gasteiger partial charge in [0, 0.05) is 19.0 Å². The third-order valence-electron chi connectivity index (χ3n) is 3.50. The van der Waals surface area contributed by atoms with Crippen molar-refractivity contribution in [3.05, 3.63) is 42.0 Å². The summed E-state index contributed by atoms with van der Waals surface area (Å²) >= 11 is 0. The van der Waals surface area contributed by atoms with E-state index in [1.165, 1.54) is 18.2 Å². The summed E-state index contributed by atoms with van der Waals surface area (Å²) in [4.78, 5) is 19.1. The summed E-state index contributed by atoms with van der Waals surface area (Å²) in [7, 11) is 0. The third kappa shape index (κ3) is 3.20. The highest BCUT2D eigenvalue weighted by atomic mass is 19.1. The van der Waals surface area contributed by atoms with E-state index in [4.69, 9.17) is 0 Å². The van der Waals surface area contributed by atoms with E-state index in [-0.39, 0.29) is 23.6 Å². The molecule has 2 heterocycles. The maximum atomic E-state index is 13.1. The van der Waals surface area contributed by atoms with Gasteiger partial charge in [-0.05, 0) is 32.0 Å². The lowest BCUT2D eigenvalue weighted by Crippen LogP contribution is -2.27. The first-order valence-corrected chi connectivity index (χ1v) is 7.36. The lowest BCUT2D eigenvalue weighted by molar-refractivity contribution is 0.0945. The Labute approximate surface area is 131 Å². The molecule has 2 N–H and O–H groups in total. The van der Waals surface area contributed by atoms with Crippen LogP contribution in [0, 0.1) is 5.82 Å². The number of carbonyl (C=O) groups excluding carboxylic acids is 1. The highest BCUT2D eigenvalue weighted by Gasteiger charge is 2.12. The van der Waals surface area contributed by atoms with Crippen LogP contribution in [0.15, 0.2) is 24.5 Å². The number of halogens is 1. The summed E-state index contributed by atoms with van der Waals surface area (Å²) in [6.07, 6.45) is 2.24. The minimum atomic E-state index is -0.374. The first-order valence-electron chi connectivity index (χ1n) is 7.36. The van der Waals surface area contributed by atoms with E-state index < -0.39 is 0 Å². The van der Waals surface area contributed by atoms with Crippen molar-refractivity contribution in [1.82, 2.24) is 30.0 Å². The van der Waals surface area contributed by atoms with Gasteiger partial charge in [0.2, 0.25) is 0 Å². The number of nitrogens with zero attached hydrogens (tertiary/aromatic N) is 4. The fraction of sp³-hybridized carbons (Fsp3) is 0.333. The maximum absolute atomic E-state index is 13.1. The zero-order valence-electron chi connectivity index (χ0n) is 12.9. The smallest absolute Gasteiger partial charge is 0.287 e. The molecule has 3 aromatic rings. The lowest BCUT2D eigenvalue weighted by Gasteiger charge is -2.09. The fourth-order valence-corrected chi connectivity index (χ4v) is 2.34. The first-order chi connectivity index (χ1) is 11.0. The van der Waals surface area contributed by atoms with E-state index in [0.29, 0.717) is 24.0 Å². The van der Waals surface area contributed by atoms with Crippen LogP contribution in [-0.2, 0) is 6.42 Å². The van der Waals surface area contributed by atoms with Gasteiger partial charge in [0.1, 0.15) is 18.0 Å². The number of hydrogen-bond acceptors (Lipinski definition) is 4. The van der Waals surface area contributed by atoms with Crippen molar-refractivity contribution in [2.45, 2.75) is 26.3 Å². The Hall–Kier alpha value is -2.77. The number of hydrogen-bond donors (Lipinski definition) is 2. The molecule has 0 radical (unpaired) electrons. The Morgan fingerprint density at radius 3 is 3.04 bits per heavy atom. The molecule has 7 nitrogen and oxygen atoms in total. The minimum absolute atomic E-state index is 0.163. The van der Waals surface area contributed by atoms with Gasteiger partial charge < -0.3 is 14.9 Å². The Bertz CT molecular complexity index is 837. The average molecular weight is 316 g/mol. The topological polar surface area (TPSA) is 88.5 Å². The van der Waals surface area contributed by atoms with Crippen LogP contribution in [-0.4, -0.2) is 37.2 Å². The van der Waals surface area contributed by atoms with Crippen LogP contribution >= 0.6 is 0 Å². The molecule has 1 aromatic carbocycles. The number of aromatic nitrogens is 5. The van der Waals surface area contributed by atoms with Gasteiger partial charge >= 0.3 is 0 Å². The zero-order valence-corrected chi connectivity index (χ0v) is 12.9. The molecule has 0 saturated carbocycles. The fourth-order valence-electron chi connectivity index (χ4n) is 2.34. The molecule has 2 aromatic heterocycles. The van der Waals surface area contributed by atoms with Crippen molar-refractivity contribution < 1.29 is 9.18 Å². The number of rotatable bonds is 5. The van der Waals surface area contributed by atoms with Crippen LogP contribution in [0.4, 0.5) is 4.39 Å². The molecular weight excluding hydrogens is 299 g/mol. The Kier molecular flexibility index (Phi) is 4.05. The van der Waals surface area contributed by atoms with Crippen molar-refractivity contribution in [3.63, 3.8) is 0 Å². The second-order valence-corrected chi connectivity index (χ2v) is 5.50. The summed E-state index contributed by atoms with van der Waals surface area (Å²) < 4.78 is 15.1. The summed E-state index contributed by atoms with van der Waals surface area (Å²) in [5.74, 6) is 0.265. The molecule has 120 valence electrons. The van der Waals surface area contributed by atoms with Crippen LogP contribution < -0.4 is 5.32 Å². The number of aromatic amines is 1. The number of amides is 1. The van der Waals surface area contributed by atoms with Crippen LogP contribution in [0.25, 0.3) is 11.0 Å². The van der Waals surface area contributed by atoms with Crippen LogP contribution in [0.1, 0.15) is 36.3 Å². The van der Waals surface area contributed by atoms with Gasteiger partial charge in [0.15, 0.2) is 5.82 Å². The van der Waals surface area contributed by atoms with E-state index in [1.807, 2.05) is 18.4 Å². The van der Waals surface area contributed by atoms with Crippen molar-refractivity contribution in [3.8, 4) is 0 Å². The van der Waals surface area contributed by atoms with Gasteiger partial charge in [0.25, 0.3) is 5.91 Å². The quantitative estimate of drug-likeness (QED) is 0.752. The second kappa shape index (κ2) is 6.15. The SMILES string of the molecule is CC(C)n1cnnc1CCNC(=O)c1nc2ccc(F)cc2[nH]1. The molecule has 0 aliphatic heterocycles. The number of benzene rings is 1. The van der Waals surface area contributed by atoms with Gasteiger partial charge in [-0.3, -0.25) is 4.79 Å². The summed E-state index contributed by atoms with van der Waals surface area (Å²) in [6.45, 7) is 4.49. The number of carbonyl (C=O) groups is 1. The number of H-pyrrole nitrogens is 1. The van der Waals surface area contributed by atoms with Crippen molar-refractivity contribution in [2.75, 3.05) is 6.54 Å². The monoisotopic (exact) mass is 316 g/mol. The molecule has 0 saturated heterocycles. The van der Waals surface area contributed by atoms with E-state index in [0.717, 1.165) is 5.82 Å². The molecule has 0 aliphatic carbocycles. The average Bonchev–Trinajstić information content (AvgIpc) is 3.12. The molecule has 1 amide bonds. The highest BCUT2D eigenvalue weighted by Crippen LogP contribution is 2.13. The van der Waals surface area contributed by atoms with Gasteiger partial charge in [-0.2, -0.15) is 0 Å². The zero-order chi connectivity index (χ0) is 16.4. The van der Waals surface area contributed by atoms with Crippen LogP contribution in [0.5, 0.6) is 0 Å². The summed E-state index contributed by atoms with van der Waals surface area (Å²) in [5.41, 5.74) is 1.05. The third-order valence-corrected chi connectivity index (χ3v) is 3.50. The number of imidazole rings is 1. The molecule has 0 bridgehead atoms. The van der Waals surface area contributed by atoms with Crippen LogP contribution in [0.2, 0.25) is 0 Å². The van der Waals surface area contributed by atoms with Crippen molar-refractivity contribution >= 4 is 16.9 Å². The van der Waals surface area contributed by atoms with E-state index >= 15 is 0 Å². The van der Waals surface area contributed by atoms with Crippen molar-refractivity contribution in [2.24, 2.45) is 0 Å². The molecule has 0 atom stereocenters.